The van der Waals surface area contributed by atoms with Crippen LogP contribution < -0.4 is 5.32 Å². The van der Waals surface area contributed by atoms with Crippen molar-refractivity contribution in [2.24, 2.45) is 0 Å². The van der Waals surface area contributed by atoms with Crippen molar-refractivity contribution in [1.82, 2.24) is 5.32 Å². The van der Waals surface area contributed by atoms with Gasteiger partial charge in [0.05, 0.1) is 19.8 Å². The zero-order valence-corrected chi connectivity index (χ0v) is 8.52. The summed E-state index contributed by atoms with van der Waals surface area (Å²) in [5.41, 5.74) is -0.837. The number of alkyl halides is 4. The lowest BCUT2D eigenvalue weighted by molar-refractivity contribution is -0.250. The summed E-state index contributed by atoms with van der Waals surface area (Å²) < 4.78 is 60.4. The third-order valence-electron chi connectivity index (χ3n) is 3.01. The number of hydrogen-bond acceptors (Lipinski definition) is 3. The number of ether oxygens (including phenoxy) is 2. The van der Waals surface area contributed by atoms with Crippen LogP contribution in [0.2, 0.25) is 0 Å². The minimum atomic E-state index is -3.99. The highest BCUT2D eigenvalue weighted by Crippen LogP contribution is 2.36. The standard InChI is InChI=1S/C9H13F4NO2/c10-7(11)9(12,13)3-6-8(4-15-5-8)16-2-1-14-6/h6-7,14H,1-5H2. The maximum absolute atomic E-state index is 12.9. The first kappa shape index (κ1) is 12.1. The van der Waals surface area contributed by atoms with E-state index < -0.39 is 30.4 Å². The van der Waals surface area contributed by atoms with E-state index in [0.717, 1.165) is 0 Å². The van der Waals surface area contributed by atoms with Gasteiger partial charge in [0.1, 0.15) is 5.60 Å². The predicted octanol–water partition coefficient (Wildman–Crippen LogP) is 1.03. The van der Waals surface area contributed by atoms with Gasteiger partial charge in [-0.1, -0.05) is 0 Å². The fourth-order valence-electron chi connectivity index (χ4n) is 1.98. The monoisotopic (exact) mass is 243 g/mol. The minimum absolute atomic E-state index is 0.185. The highest BCUT2D eigenvalue weighted by Gasteiger charge is 2.54. The number of hydrogen-bond donors (Lipinski definition) is 1. The Balaban J connectivity index is 2.02. The van der Waals surface area contributed by atoms with E-state index in [4.69, 9.17) is 9.47 Å². The van der Waals surface area contributed by atoms with Crippen LogP contribution in [-0.2, 0) is 9.47 Å². The molecule has 0 saturated carbocycles. The van der Waals surface area contributed by atoms with Crippen LogP contribution in [0.1, 0.15) is 6.42 Å². The maximum Gasteiger partial charge on any atom is 0.309 e. The number of nitrogens with one attached hydrogen (secondary N) is 1. The van der Waals surface area contributed by atoms with Gasteiger partial charge in [0.25, 0.3) is 0 Å². The van der Waals surface area contributed by atoms with Gasteiger partial charge in [-0.15, -0.1) is 0 Å². The van der Waals surface area contributed by atoms with Gasteiger partial charge in [0.15, 0.2) is 0 Å². The topological polar surface area (TPSA) is 30.5 Å². The fraction of sp³-hybridized carbons (Fsp3) is 1.00. The lowest BCUT2D eigenvalue weighted by Gasteiger charge is -2.50. The van der Waals surface area contributed by atoms with Crippen molar-refractivity contribution in [3.8, 4) is 0 Å². The molecular formula is C9H13F4NO2. The molecule has 2 aliphatic heterocycles. The smallest absolute Gasteiger partial charge is 0.309 e. The maximum atomic E-state index is 12.9. The Morgan fingerprint density at radius 1 is 1.38 bits per heavy atom. The Labute approximate surface area is 90.1 Å². The summed E-state index contributed by atoms with van der Waals surface area (Å²) in [4.78, 5) is 0. The molecule has 1 unspecified atom stereocenters. The lowest BCUT2D eigenvalue weighted by atomic mass is 9.86. The van der Waals surface area contributed by atoms with Gasteiger partial charge in [-0.25, -0.2) is 17.6 Å². The summed E-state index contributed by atoms with van der Waals surface area (Å²) >= 11 is 0. The summed E-state index contributed by atoms with van der Waals surface area (Å²) in [6.07, 6.45) is -4.57. The number of rotatable bonds is 3. The molecule has 2 heterocycles. The van der Waals surface area contributed by atoms with Gasteiger partial charge >= 0.3 is 12.3 Å². The Morgan fingerprint density at radius 2 is 2.06 bits per heavy atom. The van der Waals surface area contributed by atoms with E-state index in [1.165, 1.54) is 0 Å². The molecule has 2 rings (SSSR count). The van der Waals surface area contributed by atoms with E-state index in [1.54, 1.807) is 0 Å². The van der Waals surface area contributed by atoms with Gasteiger partial charge in [0.2, 0.25) is 0 Å². The second-order valence-corrected chi connectivity index (χ2v) is 4.18. The van der Waals surface area contributed by atoms with Crippen molar-refractivity contribution in [2.75, 3.05) is 26.4 Å². The average Bonchev–Trinajstić information content (AvgIpc) is 2.15. The predicted molar refractivity (Wildman–Crippen MR) is 46.9 cm³/mol. The molecule has 1 atom stereocenters. The van der Waals surface area contributed by atoms with Crippen molar-refractivity contribution >= 4 is 0 Å². The van der Waals surface area contributed by atoms with Crippen LogP contribution in [0, 0.1) is 0 Å². The highest BCUT2D eigenvalue weighted by molar-refractivity contribution is 5.02. The first-order valence-electron chi connectivity index (χ1n) is 5.07. The van der Waals surface area contributed by atoms with Crippen LogP contribution >= 0.6 is 0 Å². The molecular weight excluding hydrogens is 230 g/mol. The van der Waals surface area contributed by atoms with Crippen molar-refractivity contribution < 1.29 is 27.0 Å². The second-order valence-electron chi connectivity index (χ2n) is 4.18. The van der Waals surface area contributed by atoms with Gasteiger partial charge in [0, 0.05) is 19.0 Å². The van der Waals surface area contributed by atoms with Crippen LogP contribution in [0.15, 0.2) is 0 Å². The molecule has 0 radical (unpaired) electrons. The summed E-state index contributed by atoms with van der Waals surface area (Å²) in [5.74, 6) is -3.99. The third-order valence-corrected chi connectivity index (χ3v) is 3.01. The van der Waals surface area contributed by atoms with Gasteiger partial charge < -0.3 is 14.8 Å². The molecule has 1 spiro atoms. The third kappa shape index (κ3) is 2.03. The average molecular weight is 243 g/mol. The molecule has 0 amide bonds. The first-order chi connectivity index (χ1) is 7.46. The van der Waals surface area contributed by atoms with E-state index in [1.807, 2.05) is 0 Å². The molecule has 94 valence electrons. The van der Waals surface area contributed by atoms with Crippen molar-refractivity contribution in [1.29, 1.82) is 0 Å². The summed E-state index contributed by atoms with van der Waals surface area (Å²) in [7, 11) is 0. The largest absolute Gasteiger partial charge is 0.375 e. The molecule has 2 saturated heterocycles. The second kappa shape index (κ2) is 4.12. The Kier molecular flexibility index (Phi) is 3.11. The Bertz CT molecular complexity index is 258. The molecule has 16 heavy (non-hydrogen) atoms. The van der Waals surface area contributed by atoms with Crippen molar-refractivity contribution in [3.05, 3.63) is 0 Å². The van der Waals surface area contributed by atoms with Crippen molar-refractivity contribution in [3.63, 3.8) is 0 Å². The zero-order chi connectivity index (χ0) is 11.8. The molecule has 0 aromatic heterocycles. The zero-order valence-electron chi connectivity index (χ0n) is 8.52. The molecule has 0 aromatic rings. The van der Waals surface area contributed by atoms with E-state index in [9.17, 15) is 17.6 Å². The minimum Gasteiger partial charge on any atom is -0.375 e. The Hall–Kier alpha value is -0.400. The van der Waals surface area contributed by atoms with Crippen molar-refractivity contribution in [2.45, 2.75) is 30.4 Å². The fourth-order valence-corrected chi connectivity index (χ4v) is 1.98. The van der Waals surface area contributed by atoms with Gasteiger partial charge in [-0.05, 0) is 0 Å². The van der Waals surface area contributed by atoms with Gasteiger partial charge in [-0.3, -0.25) is 0 Å². The molecule has 1 N–H and O–H groups in total. The summed E-state index contributed by atoms with van der Waals surface area (Å²) in [6.45, 7) is 1.15. The first-order valence-corrected chi connectivity index (χ1v) is 5.07. The van der Waals surface area contributed by atoms with Crippen LogP contribution in [0.25, 0.3) is 0 Å². The molecule has 3 nitrogen and oxygen atoms in total. The van der Waals surface area contributed by atoms with Crippen LogP contribution in [-0.4, -0.2) is 50.4 Å². The van der Waals surface area contributed by atoms with E-state index in [2.05, 4.69) is 5.32 Å². The van der Waals surface area contributed by atoms with E-state index >= 15 is 0 Å². The van der Waals surface area contributed by atoms with E-state index in [0.29, 0.717) is 13.2 Å². The summed E-state index contributed by atoms with van der Waals surface area (Å²) in [6, 6.07) is -0.779. The molecule has 0 aliphatic carbocycles. The van der Waals surface area contributed by atoms with Crippen LogP contribution in [0.5, 0.6) is 0 Å². The number of morpholine rings is 1. The molecule has 2 fully saturated rings. The van der Waals surface area contributed by atoms with Gasteiger partial charge in [-0.2, -0.15) is 0 Å². The highest BCUT2D eigenvalue weighted by atomic mass is 19.3. The molecule has 0 bridgehead atoms. The number of halogens is 4. The molecule has 7 heteroatoms. The normalized spacial score (nSPS) is 29.4. The summed E-state index contributed by atoms with van der Waals surface area (Å²) in [5, 5.41) is 2.80. The van der Waals surface area contributed by atoms with E-state index in [-0.39, 0.29) is 13.2 Å². The molecule has 0 aromatic carbocycles. The Morgan fingerprint density at radius 3 is 2.56 bits per heavy atom. The quantitative estimate of drug-likeness (QED) is 0.751. The van der Waals surface area contributed by atoms with Crippen LogP contribution in [0.3, 0.4) is 0 Å². The lowest BCUT2D eigenvalue weighted by Crippen LogP contribution is -2.69. The SMILES string of the molecule is FC(F)C(F)(F)CC1NCCOC12COC2. The molecule has 2 aliphatic rings. The van der Waals surface area contributed by atoms with Crippen LogP contribution in [0.4, 0.5) is 17.6 Å².